The van der Waals surface area contributed by atoms with Gasteiger partial charge < -0.3 is 25.4 Å². The Balaban J connectivity index is 1.37. The minimum absolute atomic E-state index is 0.297. The number of hydrogen-bond acceptors (Lipinski definition) is 10. The highest BCUT2D eigenvalue weighted by Gasteiger charge is 2.32. The van der Waals surface area contributed by atoms with Crippen LogP contribution in [0.15, 0.2) is 18.5 Å². The van der Waals surface area contributed by atoms with Crippen LogP contribution in [0.4, 0.5) is 11.8 Å². The minimum Gasteiger partial charge on any atom is -0.383 e. The van der Waals surface area contributed by atoms with Crippen LogP contribution in [-0.4, -0.2) is 71.5 Å². The summed E-state index contributed by atoms with van der Waals surface area (Å²) in [5, 5.41) is 20.5. The van der Waals surface area contributed by atoms with Crippen molar-refractivity contribution in [2.45, 2.75) is 63.6 Å². The zero-order chi connectivity index (χ0) is 25.4. The van der Waals surface area contributed by atoms with Gasteiger partial charge in [-0.25, -0.2) is 19.9 Å². The van der Waals surface area contributed by atoms with Gasteiger partial charge in [-0.1, -0.05) is 11.6 Å². The fourth-order valence-corrected chi connectivity index (χ4v) is 4.98. The minimum atomic E-state index is -0.455. The summed E-state index contributed by atoms with van der Waals surface area (Å²) in [7, 11) is 1.73. The average molecular weight is 515 g/mol. The molecular weight excluding hydrogens is 480 g/mol. The second-order valence-corrected chi connectivity index (χ2v) is 10.1. The molecule has 1 unspecified atom stereocenters. The lowest BCUT2D eigenvalue weighted by molar-refractivity contribution is 0.0455. The number of nitrogens with one attached hydrogen (secondary N) is 3. The van der Waals surface area contributed by atoms with E-state index in [1.54, 1.807) is 25.6 Å². The maximum absolute atomic E-state index is 9.70. The fraction of sp³-hybridized carbons (Fsp3) is 0.640. The standard InChI is InChI=1S/C25H35ClN8O2/c1-17(14-35-2)31-18-3-5-19(6-4-18)32-24-29-13-20(26)22(34-24)23-28-10-7-21(33-23)30-16-25(15-27)8-11-36-12-9-25/h7,10,13,17-19,31H,3-6,8-9,11-12,14,16H2,1-2H3,(H,28,30,33)(H,29,32,34). The number of nitrogens with zero attached hydrogens (tertiary/aromatic N) is 5. The summed E-state index contributed by atoms with van der Waals surface area (Å²) in [5.74, 6) is 1.55. The van der Waals surface area contributed by atoms with Crippen molar-refractivity contribution in [2.24, 2.45) is 5.41 Å². The summed E-state index contributed by atoms with van der Waals surface area (Å²) in [4.78, 5) is 18.0. The van der Waals surface area contributed by atoms with Gasteiger partial charge in [-0.2, -0.15) is 5.26 Å². The van der Waals surface area contributed by atoms with Gasteiger partial charge in [0.15, 0.2) is 5.82 Å². The predicted octanol–water partition coefficient (Wildman–Crippen LogP) is 3.67. The third kappa shape index (κ3) is 7.01. The largest absolute Gasteiger partial charge is 0.383 e. The Morgan fingerprint density at radius 1 is 1.19 bits per heavy atom. The first kappa shape index (κ1) is 26.5. The highest BCUT2D eigenvalue weighted by Crippen LogP contribution is 2.30. The van der Waals surface area contributed by atoms with Gasteiger partial charge in [0.1, 0.15) is 11.5 Å². The number of methoxy groups -OCH3 is 1. The molecule has 194 valence electrons. The molecule has 1 saturated carbocycles. The molecule has 2 aromatic rings. The molecule has 0 spiro atoms. The van der Waals surface area contributed by atoms with Crippen LogP contribution in [0.1, 0.15) is 45.4 Å². The first-order valence-corrected chi connectivity index (χ1v) is 13.0. The van der Waals surface area contributed by atoms with Crippen molar-refractivity contribution in [1.29, 1.82) is 5.26 Å². The molecule has 0 radical (unpaired) electrons. The van der Waals surface area contributed by atoms with E-state index in [1.807, 2.05) is 0 Å². The Hall–Kier alpha value is -2.58. The van der Waals surface area contributed by atoms with Gasteiger partial charge in [-0.15, -0.1) is 0 Å². The van der Waals surface area contributed by atoms with Gasteiger partial charge in [0.2, 0.25) is 5.95 Å². The highest BCUT2D eigenvalue weighted by molar-refractivity contribution is 6.32. The molecule has 2 aliphatic rings. The van der Waals surface area contributed by atoms with Gasteiger partial charge >= 0.3 is 0 Å². The van der Waals surface area contributed by atoms with Crippen molar-refractivity contribution in [3.63, 3.8) is 0 Å². The zero-order valence-corrected chi connectivity index (χ0v) is 21.7. The predicted molar refractivity (Wildman–Crippen MR) is 139 cm³/mol. The Morgan fingerprint density at radius 2 is 1.94 bits per heavy atom. The van der Waals surface area contributed by atoms with Crippen LogP contribution in [0.5, 0.6) is 0 Å². The Bertz CT molecular complexity index is 1030. The maximum Gasteiger partial charge on any atom is 0.223 e. The van der Waals surface area contributed by atoms with E-state index >= 15 is 0 Å². The summed E-state index contributed by atoms with van der Waals surface area (Å²) >= 11 is 6.43. The maximum atomic E-state index is 9.70. The van der Waals surface area contributed by atoms with Crippen LogP contribution in [0.3, 0.4) is 0 Å². The van der Waals surface area contributed by atoms with Crippen molar-refractivity contribution in [3.05, 3.63) is 23.5 Å². The molecule has 0 bridgehead atoms. The second kappa shape index (κ2) is 12.6. The lowest BCUT2D eigenvalue weighted by Crippen LogP contribution is -2.43. The monoisotopic (exact) mass is 514 g/mol. The van der Waals surface area contributed by atoms with E-state index < -0.39 is 5.41 Å². The molecule has 36 heavy (non-hydrogen) atoms. The normalized spacial score (nSPS) is 22.4. The molecule has 0 amide bonds. The third-order valence-electron chi connectivity index (χ3n) is 6.90. The van der Waals surface area contributed by atoms with Crippen LogP contribution in [0, 0.1) is 16.7 Å². The average Bonchev–Trinajstić information content (AvgIpc) is 2.90. The summed E-state index contributed by atoms with van der Waals surface area (Å²) in [6, 6.07) is 5.38. The second-order valence-electron chi connectivity index (χ2n) is 9.73. The number of aromatic nitrogens is 4. The van der Waals surface area contributed by atoms with Gasteiger partial charge in [-0.3, -0.25) is 0 Å². The van der Waals surface area contributed by atoms with Crippen molar-refractivity contribution >= 4 is 23.4 Å². The fourth-order valence-electron chi connectivity index (χ4n) is 4.80. The van der Waals surface area contributed by atoms with Gasteiger partial charge in [-0.05, 0) is 51.5 Å². The molecule has 1 aliphatic carbocycles. The number of halogens is 1. The molecule has 3 heterocycles. The number of rotatable bonds is 10. The summed E-state index contributed by atoms with van der Waals surface area (Å²) in [6.07, 6.45) is 8.87. The zero-order valence-electron chi connectivity index (χ0n) is 21.0. The molecule has 1 aliphatic heterocycles. The van der Waals surface area contributed by atoms with E-state index in [0.29, 0.717) is 85.6 Å². The van der Waals surface area contributed by atoms with Crippen LogP contribution in [0.25, 0.3) is 11.5 Å². The first-order chi connectivity index (χ1) is 17.5. The van der Waals surface area contributed by atoms with Crippen molar-refractivity contribution in [1.82, 2.24) is 25.3 Å². The van der Waals surface area contributed by atoms with E-state index in [0.717, 1.165) is 25.7 Å². The summed E-state index contributed by atoms with van der Waals surface area (Å²) < 4.78 is 10.6. The molecule has 2 aromatic heterocycles. The number of hydrogen-bond donors (Lipinski definition) is 3. The molecule has 11 heteroatoms. The topological polar surface area (TPSA) is 130 Å². The van der Waals surface area contributed by atoms with E-state index in [2.05, 4.69) is 48.9 Å². The highest BCUT2D eigenvalue weighted by atomic mass is 35.5. The van der Waals surface area contributed by atoms with E-state index in [1.165, 1.54) is 0 Å². The summed E-state index contributed by atoms with van der Waals surface area (Å²) in [5.41, 5.74) is 0.0196. The number of anilines is 2. The van der Waals surface area contributed by atoms with Crippen LogP contribution in [-0.2, 0) is 9.47 Å². The summed E-state index contributed by atoms with van der Waals surface area (Å²) in [6.45, 7) is 4.56. The van der Waals surface area contributed by atoms with Gasteiger partial charge in [0.05, 0.1) is 29.3 Å². The molecule has 3 N–H and O–H groups in total. The van der Waals surface area contributed by atoms with E-state index in [-0.39, 0.29) is 0 Å². The van der Waals surface area contributed by atoms with Crippen molar-refractivity contribution in [3.8, 4) is 17.6 Å². The van der Waals surface area contributed by atoms with Gasteiger partial charge in [0.25, 0.3) is 0 Å². The SMILES string of the molecule is COCC(C)NC1CCC(Nc2ncc(Cl)c(-c3nccc(NCC4(C#N)CCOCC4)n3)n2)CC1. The van der Waals surface area contributed by atoms with E-state index in [4.69, 9.17) is 21.1 Å². The molecule has 1 atom stereocenters. The third-order valence-corrected chi connectivity index (χ3v) is 7.18. The van der Waals surface area contributed by atoms with Crippen LogP contribution in [0.2, 0.25) is 5.02 Å². The van der Waals surface area contributed by atoms with Gasteiger partial charge in [0, 0.05) is 51.2 Å². The van der Waals surface area contributed by atoms with Crippen LogP contribution >= 0.6 is 11.6 Å². The Kier molecular flexibility index (Phi) is 9.26. The van der Waals surface area contributed by atoms with Crippen molar-refractivity contribution in [2.75, 3.05) is 44.1 Å². The number of nitriles is 1. The smallest absolute Gasteiger partial charge is 0.223 e. The first-order valence-electron chi connectivity index (χ1n) is 12.6. The Labute approximate surface area is 217 Å². The number of ether oxygens (including phenoxy) is 2. The lowest BCUT2D eigenvalue weighted by Gasteiger charge is -2.31. The lowest BCUT2D eigenvalue weighted by atomic mass is 9.82. The quantitative estimate of drug-likeness (QED) is 0.431. The molecule has 1 saturated heterocycles. The molecular formula is C25H35ClN8O2. The molecule has 4 rings (SSSR count). The van der Waals surface area contributed by atoms with Crippen molar-refractivity contribution < 1.29 is 9.47 Å². The molecule has 10 nitrogen and oxygen atoms in total. The Morgan fingerprint density at radius 3 is 2.67 bits per heavy atom. The van der Waals surface area contributed by atoms with Crippen LogP contribution < -0.4 is 16.0 Å². The molecule has 0 aromatic carbocycles. The molecule has 2 fully saturated rings. The van der Waals surface area contributed by atoms with E-state index in [9.17, 15) is 5.26 Å².